The van der Waals surface area contributed by atoms with Crippen LogP contribution >= 0.6 is 0 Å². The summed E-state index contributed by atoms with van der Waals surface area (Å²) in [6, 6.07) is 0. The standard InChI is InChI=1S/C10H17FN4/c1-4-12-10-13-7-8(11)9(14-10)15(5-2)6-3/h7H,4-6H2,1-3H3,(H,12,13,14). The van der Waals surface area contributed by atoms with Crippen molar-refractivity contribution < 1.29 is 4.39 Å². The van der Waals surface area contributed by atoms with Crippen LogP contribution in [0.5, 0.6) is 0 Å². The molecule has 1 aromatic heterocycles. The molecule has 0 radical (unpaired) electrons. The lowest BCUT2D eigenvalue weighted by molar-refractivity contribution is 0.605. The zero-order valence-electron chi connectivity index (χ0n) is 9.42. The number of nitrogens with one attached hydrogen (secondary N) is 1. The van der Waals surface area contributed by atoms with E-state index in [1.165, 1.54) is 6.20 Å². The molecule has 84 valence electrons. The number of aromatic nitrogens is 2. The van der Waals surface area contributed by atoms with Crippen molar-refractivity contribution >= 4 is 11.8 Å². The van der Waals surface area contributed by atoms with Crippen LogP contribution in [0.2, 0.25) is 0 Å². The van der Waals surface area contributed by atoms with E-state index in [1.807, 2.05) is 25.7 Å². The van der Waals surface area contributed by atoms with Crippen LogP contribution in [0, 0.1) is 5.82 Å². The molecule has 0 amide bonds. The van der Waals surface area contributed by atoms with E-state index in [0.29, 0.717) is 11.8 Å². The first kappa shape index (κ1) is 11.7. The maximum Gasteiger partial charge on any atom is 0.224 e. The van der Waals surface area contributed by atoms with Gasteiger partial charge in [0.15, 0.2) is 11.6 Å². The summed E-state index contributed by atoms with van der Waals surface area (Å²) in [6.45, 7) is 8.08. The van der Waals surface area contributed by atoms with Gasteiger partial charge in [-0.05, 0) is 20.8 Å². The maximum atomic E-state index is 13.4. The van der Waals surface area contributed by atoms with Crippen molar-refractivity contribution in [3.05, 3.63) is 12.0 Å². The summed E-state index contributed by atoms with van der Waals surface area (Å²) in [5.74, 6) is 0.465. The van der Waals surface area contributed by atoms with E-state index in [9.17, 15) is 4.39 Å². The Hall–Kier alpha value is -1.39. The third-order valence-electron chi connectivity index (χ3n) is 2.12. The average molecular weight is 212 g/mol. The van der Waals surface area contributed by atoms with Gasteiger partial charge in [-0.15, -0.1) is 0 Å². The Morgan fingerprint density at radius 2 is 2.00 bits per heavy atom. The van der Waals surface area contributed by atoms with Gasteiger partial charge in [0, 0.05) is 19.6 Å². The number of halogens is 1. The van der Waals surface area contributed by atoms with Gasteiger partial charge in [0.2, 0.25) is 5.95 Å². The van der Waals surface area contributed by atoms with E-state index >= 15 is 0 Å². The largest absolute Gasteiger partial charge is 0.355 e. The highest BCUT2D eigenvalue weighted by molar-refractivity contribution is 5.43. The second kappa shape index (κ2) is 5.48. The Labute approximate surface area is 89.5 Å². The number of hydrogen-bond donors (Lipinski definition) is 1. The van der Waals surface area contributed by atoms with Crippen LogP contribution in [-0.2, 0) is 0 Å². The van der Waals surface area contributed by atoms with Crippen LogP contribution in [-0.4, -0.2) is 29.6 Å². The highest BCUT2D eigenvalue weighted by Crippen LogP contribution is 2.16. The molecule has 4 nitrogen and oxygen atoms in total. The Balaban J connectivity index is 2.98. The van der Waals surface area contributed by atoms with Gasteiger partial charge in [0.05, 0.1) is 6.20 Å². The van der Waals surface area contributed by atoms with Crippen molar-refractivity contribution in [3.8, 4) is 0 Å². The molecule has 1 heterocycles. The molecule has 1 rings (SSSR count). The SMILES string of the molecule is CCNc1ncc(F)c(N(CC)CC)n1. The van der Waals surface area contributed by atoms with E-state index in [4.69, 9.17) is 0 Å². The average Bonchev–Trinajstić information content (AvgIpc) is 2.24. The molecule has 0 aliphatic rings. The number of rotatable bonds is 5. The molecule has 0 aliphatic carbocycles. The van der Waals surface area contributed by atoms with Gasteiger partial charge in [-0.3, -0.25) is 0 Å². The van der Waals surface area contributed by atoms with Crippen molar-refractivity contribution in [3.63, 3.8) is 0 Å². The molecule has 0 saturated carbocycles. The molecule has 5 heteroatoms. The van der Waals surface area contributed by atoms with Crippen LogP contribution in [0.3, 0.4) is 0 Å². The Bertz CT molecular complexity index is 312. The molecule has 1 N–H and O–H groups in total. The van der Waals surface area contributed by atoms with Gasteiger partial charge >= 0.3 is 0 Å². The minimum Gasteiger partial charge on any atom is -0.355 e. The molecule has 0 spiro atoms. The number of nitrogens with zero attached hydrogens (tertiary/aromatic N) is 3. The fourth-order valence-corrected chi connectivity index (χ4v) is 1.35. The van der Waals surface area contributed by atoms with E-state index in [0.717, 1.165) is 19.6 Å². The zero-order chi connectivity index (χ0) is 11.3. The van der Waals surface area contributed by atoms with E-state index in [-0.39, 0.29) is 5.82 Å². The molecular weight excluding hydrogens is 195 g/mol. The van der Waals surface area contributed by atoms with Crippen molar-refractivity contribution in [2.45, 2.75) is 20.8 Å². The Kier molecular flexibility index (Phi) is 4.27. The summed E-state index contributed by atoms with van der Waals surface area (Å²) in [4.78, 5) is 9.85. The van der Waals surface area contributed by atoms with Crippen molar-refractivity contribution in [2.75, 3.05) is 29.9 Å². The first-order valence-electron chi connectivity index (χ1n) is 5.24. The fraction of sp³-hybridized carbons (Fsp3) is 0.600. The molecule has 0 bridgehead atoms. The summed E-state index contributed by atoms with van der Waals surface area (Å²) in [7, 11) is 0. The monoisotopic (exact) mass is 212 g/mol. The molecule has 0 atom stereocenters. The normalized spacial score (nSPS) is 10.1. The summed E-state index contributed by atoms with van der Waals surface area (Å²) < 4.78 is 13.4. The van der Waals surface area contributed by atoms with Gasteiger partial charge in [0.25, 0.3) is 0 Å². The van der Waals surface area contributed by atoms with Crippen LogP contribution in [0.15, 0.2) is 6.20 Å². The second-order valence-corrected chi connectivity index (χ2v) is 3.07. The molecule has 0 aliphatic heterocycles. The van der Waals surface area contributed by atoms with Crippen molar-refractivity contribution in [1.82, 2.24) is 9.97 Å². The van der Waals surface area contributed by atoms with Gasteiger partial charge in [-0.25, -0.2) is 9.37 Å². The minimum absolute atomic E-state index is 0.367. The molecule has 0 unspecified atom stereocenters. The van der Waals surface area contributed by atoms with Crippen LogP contribution in [0.1, 0.15) is 20.8 Å². The molecule has 1 aromatic rings. The lowest BCUT2D eigenvalue weighted by Crippen LogP contribution is -2.24. The number of anilines is 2. The smallest absolute Gasteiger partial charge is 0.224 e. The lowest BCUT2D eigenvalue weighted by Gasteiger charge is -2.20. The predicted molar refractivity (Wildman–Crippen MR) is 59.7 cm³/mol. The van der Waals surface area contributed by atoms with Gasteiger partial charge in [0.1, 0.15) is 0 Å². The van der Waals surface area contributed by atoms with Crippen molar-refractivity contribution in [1.29, 1.82) is 0 Å². The van der Waals surface area contributed by atoms with E-state index in [2.05, 4.69) is 15.3 Å². The van der Waals surface area contributed by atoms with Gasteiger partial charge < -0.3 is 10.2 Å². The highest BCUT2D eigenvalue weighted by atomic mass is 19.1. The highest BCUT2D eigenvalue weighted by Gasteiger charge is 2.11. The molecular formula is C10H17FN4. The fourth-order valence-electron chi connectivity index (χ4n) is 1.35. The first-order valence-corrected chi connectivity index (χ1v) is 5.24. The maximum absolute atomic E-state index is 13.4. The lowest BCUT2D eigenvalue weighted by atomic mass is 10.4. The number of hydrogen-bond acceptors (Lipinski definition) is 4. The quantitative estimate of drug-likeness (QED) is 0.809. The first-order chi connectivity index (χ1) is 7.22. The van der Waals surface area contributed by atoms with Gasteiger partial charge in [-0.2, -0.15) is 4.98 Å². The molecule has 0 fully saturated rings. The third kappa shape index (κ3) is 2.78. The predicted octanol–water partition coefficient (Wildman–Crippen LogP) is 1.89. The summed E-state index contributed by atoms with van der Waals surface area (Å²) in [6.07, 6.45) is 1.21. The van der Waals surface area contributed by atoms with Crippen LogP contribution < -0.4 is 10.2 Å². The Morgan fingerprint density at radius 1 is 1.33 bits per heavy atom. The Morgan fingerprint density at radius 3 is 2.53 bits per heavy atom. The molecule has 0 aromatic carbocycles. The molecule has 15 heavy (non-hydrogen) atoms. The third-order valence-corrected chi connectivity index (χ3v) is 2.12. The summed E-state index contributed by atoms with van der Waals surface area (Å²) in [5, 5.41) is 2.96. The summed E-state index contributed by atoms with van der Waals surface area (Å²) >= 11 is 0. The molecule has 0 saturated heterocycles. The van der Waals surface area contributed by atoms with Crippen LogP contribution in [0.4, 0.5) is 16.2 Å². The topological polar surface area (TPSA) is 41.1 Å². The van der Waals surface area contributed by atoms with E-state index < -0.39 is 0 Å². The zero-order valence-corrected chi connectivity index (χ0v) is 9.42. The minimum atomic E-state index is -0.375. The van der Waals surface area contributed by atoms with Crippen LogP contribution in [0.25, 0.3) is 0 Å². The summed E-state index contributed by atoms with van der Waals surface area (Å²) in [5.41, 5.74) is 0. The van der Waals surface area contributed by atoms with Gasteiger partial charge in [-0.1, -0.05) is 0 Å². The second-order valence-electron chi connectivity index (χ2n) is 3.07. The van der Waals surface area contributed by atoms with Crippen molar-refractivity contribution in [2.24, 2.45) is 0 Å². The van der Waals surface area contributed by atoms with E-state index in [1.54, 1.807) is 0 Å².